The molecule has 0 saturated heterocycles. The Hall–Kier alpha value is -8.78. The summed E-state index contributed by atoms with van der Waals surface area (Å²) < 4.78 is 43.7. The van der Waals surface area contributed by atoms with E-state index in [2.05, 4.69) is 13.2 Å². The molecule has 6 aromatic carbocycles. The number of hydrogen-bond donors (Lipinski definition) is 0. The SMILES string of the molecule is C=CC(=O)OCCOc1ccc(C(=O)Oc2ccc(OC(=O)c3cccc4c3C3(CC4)CCc4cccc(C(=O)Oc5ccc(OC(=O)c6ccc(OCCOC(=O)C=C)cc6)cc5)c43)cc2)cc1. The molecule has 0 fully saturated rings. The molecule has 0 atom stereocenters. The third-order valence-electron chi connectivity index (χ3n) is 11.5. The van der Waals surface area contributed by atoms with Gasteiger partial charge in [0.25, 0.3) is 0 Å². The van der Waals surface area contributed by atoms with Crippen molar-refractivity contribution in [2.24, 2.45) is 0 Å². The van der Waals surface area contributed by atoms with Crippen molar-refractivity contribution in [1.82, 2.24) is 0 Å². The van der Waals surface area contributed by atoms with Gasteiger partial charge in [-0.1, -0.05) is 37.4 Å². The number of fused-ring (bicyclic) bond motifs is 4. The molecular formula is C55H44O14. The van der Waals surface area contributed by atoms with E-state index in [0.29, 0.717) is 48.3 Å². The first-order valence-corrected chi connectivity index (χ1v) is 21.9. The lowest BCUT2D eigenvalue weighted by Crippen LogP contribution is -2.28. The lowest BCUT2D eigenvalue weighted by Gasteiger charge is -2.30. The highest BCUT2D eigenvalue weighted by molar-refractivity contribution is 5.97. The van der Waals surface area contributed by atoms with E-state index in [1.165, 1.54) is 48.5 Å². The Morgan fingerprint density at radius 3 is 1.10 bits per heavy atom. The third kappa shape index (κ3) is 10.9. The van der Waals surface area contributed by atoms with Crippen LogP contribution in [0.3, 0.4) is 0 Å². The van der Waals surface area contributed by atoms with Crippen LogP contribution in [0.1, 0.15) is 76.5 Å². The van der Waals surface area contributed by atoms with Crippen LogP contribution < -0.4 is 28.4 Å². The molecule has 0 unspecified atom stereocenters. The molecule has 348 valence electrons. The average Bonchev–Trinajstić information content (AvgIpc) is 3.96. The van der Waals surface area contributed by atoms with Gasteiger partial charge in [0.1, 0.15) is 60.9 Å². The Morgan fingerprint density at radius 1 is 0.420 bits per heavy atom. The van der Waals surface area contributed by atoms with E-state index in [9.17, 15) is 28.8 Å². The molecule has 1 spiro atoms. The van der Waals surface area contributed by atoms with Gasteiger partial charge in [-0.25, -0.2) is 28.8 Å². The molecule has 69 heavy (non-hydrogen) atoms. The zero-order chi connectivity index (χ0) is 48.3. The van der Waals surface area contributed by atoms with E-state index in [1.54, 1.807) is 60.7 Å². The topological polar surface area (TPSA) is 176 Å². The number of ether oxygens (including phenoxy) is 8. The van der Waals surface area contributed by atoms with Crippen molar-refractivity contribution in [2.75, 3.05) is 26.4 Å². The van der Waals surface area contributed by atoms with Crippen LogP contribution in [0, 0.1) is 0 Å². The summed E-state index contributed by atoms with van der Waals surface area (Å²) in [4.78, 5) is 76.2. The molecule has 0 amide bonds. The molecule has 0 N–H and O–H groups in total. The first kappa shape index (κ1) is 46.7. The monoisotopic (exact) mass is 928 g/mol. The third-order valence-corrected chi connectivity index (χ3v) is 11.5. The summed E-state index contributed by atoms with van der Waals surface area (Å²) in [5.74, 6) is -1.55. The molecular weight excluding hydrogens is 885 g/mol. The van der Waals surface area contributed by atoms with Crippen molar-refractivity contribution in [3.63, 3.8) is 0 Å². The minimum atomic E-state index is -0.652. The van der Waals surface area contributed by atoms with Crippen molar-refractivity contribution < 1.29 is 66.7 Å². The smallest absolute Gasteiger partial charge is 0.343 e. The molecule has 8 rings (SSSR count). The minimum absolute atomic E-state index is 0.0465. The Morgan fingerprint density at radius 2 is 0.754 bits per heavy atom. The zero-order valence-corrected chi connectivity index (χ0v) is 37.1. The summed E-state index contributed by atoms with van der Waals surface area (Å²) >= 11 is 0. The van der Waals surface area contributed by atoms with Crippen LogP contribution in [0.4, 0.5) is 0 Å². The van der Waals surface area contributed by atoms with E-state index < -0.39 is 41.2 Å². The van der Waals surface area contributed by atoms with Gasteiger partial charge in [0, 0.05) is 17.6 Å². The van der Waals surface area contributed by atoms with Crippen molar-refractivity contribution in [2.45, 2.75) is 31.1 Å². The summed E-state index contributed by atoms with van der Waals surface area (Å²) in [5, 5.41) is 0. The van der Waals surface area contributed by atoms with Gasteiger partial charge in [-0.15, -0.1) is 0 Å². The summed E-state index contributed by atoms with van der Waals surface area (Å²) in [5.41, 5.74) is 4.32. The fourth-order valence-corrected chi connectivity index (χ4v) is 8.44. The first-order chi connectivity index (χ1) is 33.5. The van der Waals surface area contributed by atoms with E-state index in [-0.39, 0.29) is 60.6 Å². The second kappa shape index (κ2) is 21.2. The lowest BCUT2D eigenvalue weighted by atomic mass is 9.73. The quantitative estimate of drug-likeness (QED) is 0.0345. The minimum Gasteiger partial charge on any atom is -0.490 e. The van der Waals surface area contributed by atoms with Gasteiger partial charge in [-0.05, 0) is 157 Å². The highest BCUT2D eigenvalue weighted by Gasteiger charge is 2.49. The maximum Gasteiger partial charge on any atom is 0.343 e. The molecule has 0 aliphatic heterocycles. The largest absolute Gasteiger partial charge is 0.490 e. The second-order valence-electron chi connectivity index (χ2n) is 15.8. The highest BCUT2D eigenvalue weighted by Crippen LogP contribution is 2.54. The molecule has 0 radical (unpaired) electrons. The van der Waals surface area contributed by atoms with Crippen LogP contribution in [0.2, 0.25) is 0 Å². The molecule has 0 heterocycles. The Kier molecular flexibility index (Phi) is 14.4. The van der Waals surface area contributed by atoms with E-state index >= 15 is 0 Å². The van der Waals surface area contributed by atoms with E-state index in [1.807, 2.05) is 24.3 Å². The normalized spacial score (nSPS) is 12.6. The summed E-state index contributed by atoms with van der Waals surface area (Å²) in [6, 6.07) is 36.0. The standard InChI is InChI=1S/C55H44O14/c1-3-47(56)64-33-31-62-39-15-11-37(12-16-39)51(58)66-41-19-23-43(24-20-41)68-53(60)45-9-5-7-35-27-29-55(49(35)45)30-28-36-8-6-10-46(50(36)55)54(61)69-44-25-21-42(22-26-44)67-52(59)38-13-17-40(18-14-38)63-32-34-65-48(57)4-2/h3-26H,1-2,27-34H2. The zero-order valence-electron chi connectivity index (χ0n) is 37.1. The van der Waals surface area contributed by atoms with Crippen LogP contribution in [-0.2, 0) is 37.3 Å². The predicted molar refractivity (Wildman–Crippen MR) is 249 cm³/mol. The van der Waals surface area contributed by atoms with Gasteiger partial charge in [0.05, 0.1) is 22.3 Å². The molecule has 2 aliphatic carbocycles. The van der Waals surface area contributed by atoms with Crippen molar-refractivity contribution >= 4 is 35.8 Å². The average molecular weight is 929 g/mol. The Labute approximate surface area is 396 Å². The fraction of sp³-hybridized carbons (Fsp3) is 0.164. The van der Waals surface area contributed by atoms with Gasteiger partial charge in [0.15, 0.2) is 0 Å². The second-order valence-corrected chi connectivity index (χ2v) is 15.8. The van der Waals surface area contributed by atoms with E-state index in [0.717, 1.165) is 34.4 Å². The van der Waals surface area contributed by atoms with Crippen LogP contribution in [0.15, 0.2) is 159 Å². The number of carbonyl (C=O) groups excluding carboxylic acids is 6. The number of carbonyl (C=O) groups is 6. The summed E-state index contributed by atoms with van der Waals surface area (Å²) in [7, 11) is 0. The number of rotatable bonds is 18. The van der Waals surface area contributed by atoms with Gasteiger partial charge in [0.2, 0.25) is 0 Å². The van der Waals surface area contributed by atoms with Crippen LogP contribution in [0.5, 0.6) is 34.5 Å². The van der Waals surface area contributed by atoms with Gasteiger partial charge in [-0.2, -0.15) is 0 Å². The van der Waals surface area contributed by atoms with Crippen molar-refractivity contribution in [3.8, 4) is 34.5 Å². The summed E-state index contributed by atoms with van der Waals surface area (Å²) in [6.07, 6.45) is 4.86. The Bertz CT molecular complexity index is 2720. The number of benzene rings is 6. The van der Waals surface area contributed by atoms with E-state index in [4.69, 9.17) is 37.9 Å². The number of hydrogen-bond acceptors (Lipinski definition) is 14. The van der Waals surface area contributed by atoms with Crippen LogP contribution >= 0.6 is 0 Å². The van der Waals surface area contributed by atoms with Crippen molar-refractivity contribution in [1.29, 1.82) is 0 Å². The molecule has 6 aromatic rings. The van der Waals surface area contributed by atoms with Crippen molar-refractivity contribution in [3.05, 3.63) is 203 Å². The predicted octanol–water partition coefficient (Wildman–Crippen LogP) is 8.96. The maximum absolute atomic E-state index is 14.1. The van der Waals surface area contributed by atoms with Crippen LogP contribution in [0.25, 0.3) is 0 Å². The fourth-order valence-electron chi connectivity index (χ4n) is 8.44. The molecule has 2 aliphatic rings. The van der Waals surface area contributed by atoms with Gasteiger partial charge < -0.3 is 37.9 Å². The number of esters is 6. The van der Waals surface area contributed by atoms with Gasteiger partial charge in [-0.3, -0.25) is 0 Å². The van der Waals surface area contributed by atoms with Gasteiger partial charge >= 0.3 is 35.8 Å². The number of aryl methyl sites for hydroxylation is 2. The highest BCUT2D eigenvalue weighted by atomic mass is 16.6. The lowest BCUT2D eigenvalue weighted by molar-refractivity contribution is -0.139. The molecule has 0 saturated carbocycles. The Balaban J connectivity index is 0.892. The maximum atomic E-state index is 14.1. The molecule has 0 aromatic heterocycles. The molecule has 14 heteroatoms. The van der Waals surface area contributed by atoms with Crippen LogP contribution in [-0.4, -0.2) is 62.2 Å². The molecule has 0 bridgehead atoms. The first-order valence-electron chi connectivity index (χ1n) is 21.9. The molecule has 14 nitrogen and oxygen atoms in total. The summed E-state index contributed by atoms with van der Waals surface area (Å²) in [6.45, 7) is 7.02.